The van der Waals surface area contributed by atoms with Crippen molar-refractivity contribution >= 4 is 100 Å². The lowest BCUT2D eigenvalue weighted by atomic mass is 10.1. The number of nitrogens with zero attached hydrogens (tertiary/aromatic N) is 4. The average molecular weight is 807 g/mol. The van der Waals surface area contributed by atoms with Gasteiger partial charge in [0.1, 0.15) is 11.2 Å². The highest BCUT2D eigenvalue weighted by molar-refractivity contribution is 7.20. The molecule has 0 atom stereocenters. The third-order valence-electron chi connectivity index (χ3n) is 12.7. The number of hydrogen-bond donors (Lipinski definition) is 0. The molecule has 0 fully saturated rings. The summed E-state index contributed by atoms with van der Waals surface area (Å²) in [6, 6.07) is 75.7. The van der Waals surface area contributed by atoms with Crippen LogP contribution in [0, 0.1) is 17.9 Å². The molecule has 0 spiro atoms. The summed E-state index contributed by atoms with van der Waals surface area (Å²) < 4.78 is 11.1. The third kappa shape index (κ3) is 5.12. The van der Waals surface area contributed by atoms with Gasteiger partial charge in [0.05, 0.1) is 40.3 Å². The smallest absolute Gasteiger partial charge is 0.188 e. The Bertz CT molecular complexity index is 3730. The van der Waals surface area contributed by atoms with Crippen LogP contribution in [-0.4, -0.2) is 17.2 Å². The Morgan fingerprint density at radius 2 is 0.984 bits per heavy atom. The highest BCUT2D eigenvalue weighted by Crippen LogP contribution is 2.41. The molecule has 288 valence electrons. The first kappa shape index (κ1) is 35.5. The van der Waals surface area contributed by atoms with E-state index < -0.39 is 8.07 Å². The SMILES string of the molecule is [C-]#[N+]c1ccc2c(c1)c1cc(C#N)ccc1n2-c1cccc([Si](c2ccccc2)(c2ccccc2)c2cccc(-n3c4ccccc4c4c5c(ccc43)oc3ccccc35)c2)c1. The number of furan rings is 1. The van der Waals surface area contributed by atoms with Crippen molar-refractivity contribution in [2.75, 3.05) is 0 Å². The van der Waals surface area contributed by atoms with E-state index in [0.29, 0.717) is 11.3 Å². The lowest BCUT2D eigenvalue weighted by Gasteiger charge is -2.35. The molecule has 0 unspecified atom stereocenters. The molecule has 9 aromatic carbocycles. The van der Waals surface area contributed by atoms with Crippen LogP contribution in [0.4, 0.5) is 5.69 Å². The normalized spacial score (nSPS) is 11.8. The molecule has 12 aromatic rings. The second-order valence-corrected chi connectivity index (χ2v) is 19.7. The van der Waals surface area contributed by atoms with Gasteiger partial charge in [0.25, 0.3) is 0 Å². The van der Waals surface area contributed by atoms with Gasteiger partial charge in [-0.05, 0) is 105 Å². The van der Waals surface area contributed by atoms with Gasteiger partial charge in [0, 0.05) is 38.3 Å². The molecular weight excluding hydrogens is 773 g/mol. The summed E-state index contributed by atoms with van der Waals surface area (Å²) in [6.07, 6.45) is 0. The molecule has 0 radical (unpaired) electrons. The van der Waals surface area contributed by atoms with Crippen molar-refractivity contribution in [2.24, 2.45) is 0 Å². The maximum Gasteiger partial charge on any atom is 0.188 e. The van der Waals surface area contributed by atoms with Crippen molar-refractivity contribution in [1.29, 1.82) is 5.26 Å². The van der Waals surface area contributed by atoms with Gasteiger partial charge >= 0.3 is 0 Å². The molecule has 3 heterocycles. The van der Waals surface area contributed by atoms with Crippen molar-refractivity contribution in [1.82, 2.24) is 9.13 Å². The number of fused-ring (bicyclic) bond motifs is 10. The average Bonchev–Trinajstić information content (AvgIpc) is 4.00. The summed E-state index contributed by atoms with van der Waals surface area (Å²) in [5.74, 6) is 0. The zero-order valence-electron chi connectivity index (χ0n) is 33.3. The van der Waals surface area contributed by atoms with Crippen molar-refractivity contribution < 1.29 is 4.42 Å². The van der Waals surface area contributed by atoms with Crippen LogP contribution < -0.4 is 20.7 Å². The van der Waals surface area contributed by atoms with Gasteiger partial charge in [0.15, 0.2) is 13.8 Å². The topological polar surface area (TPSA) is 51.1 Å². The first-order valence-corrected chi connectivity index (χ1v) is 22.7. The van der Waals surface area contributed by atoms with Gasteiger partial charge < -0.3 is 13.6 Å². The van der Waals surface area contributed by atoms with E-state index in [0.717, 1.165) is 66.2 Å². The van der Waals surface area contributed by atoms with Crippen LogP contribution in [0.15, 0.2) is 211 Å². The molecule has 62 heavy (non-hydrogen) atoms. The van der Waals surface area contributed by atoms with Gasteiger partial charge in [-0.1, -0.05) is 127 Å². The number of para-hydroxylation sites is 2. The number of aromatic nitrogens is 2. The van der Waals surface area contributed by atoms with Crippen LogP contribution in [-0.2, 0) is 0 Å². The molecular formula is C56H34N4OSi. The van der Waals surface area contributed by atoms with Gasteiger partial charge in [-0.15, -0.1) is 0 Å². The second-order valence-electron chi connectivity index (χ2n) is 15.9. The minimum atomic E-state index is -3.08. The molecule has 0 N–H and O–H groups in total. The van der Waals surface area contributed by atoms with E-state index in [-0.39, 0.29) is 0 Å². The fraction of sp³-hybridized carbons (Fsp3) is 0. The standard InChI is InChI=1S/C56H34N4OSi/c1-58-38-27-29-51-48(33-38)47-32-37(36-57)26-28-50(47)59(51)39-14-12-20-43(34-39)62(41-16-4-2-5-17-41,42-18-6-3-7-19-42)44-21-13-15-40(35-44)60-49-24-10-8-22-45(49)55-52(60)30-31-54-56(55)46-23-9-11-25-53(46)61-54/h2-35H. The summed E-state index contributed by atoms with van der Waals surface area (Å²) in [4.78, 5) is 3.76. The molecule has 0 bridgehead atoms. The first-order valence-electron chi connectivity index (χ1n) is 20.7. The third-order valence-corrected chi connectivity index (χ3v) is 17.4. The van der Waals surface area contributed by atoms with Crippen LogP contribution in [0.3, 0.4) is 0 Å². The molecule has 0 saturated heterocycles. The molecule has 3 aromatic heterocycles. The van der Waals surface area contributed by atoms with E-state index in [4.69, 9.17) is 11.0 Å². The summed E-state index contributed by atoms with van der Waals surface area (Å²) >= 11 is 0. The van der Waals surface area contributed by atoms with E-state index in [1.807, 2.05) is 48.5 Å². The van der Waals surface area contributed by atoms with E-state index in [1.165, 1.54) is 31.5 Å². The largest absolute Gasteiger partial charge is 0.456 e. The van der Waals surface area contributed by atoms with Gasteiger partial charge in [-0.2, -0.15) is 5.26 Å². The maximum absolute atomic E-state index is 9.89. The van der Waals surface area contributed by atoms with Crippen LogP contribution in [0.2, 0.25) is 0 Å². The fourth-order valence-corrected chi connectivity index (χ4v) is 14.9. The summed E-state index contributed by atoms with van der Waals surface area (Å²) in [5.41, 5.74) is 9.27. The highest BCUT2D eigenvalue weighted by atomic mass is 28.3. The zero-order valence-corrected chi connectivity index (χ0v) is 34.3. The number of benzene rings is 9. The van der Waals surface area contributed by atoms with E-state index in [1.54, 1.807) is 0 Å². The van der Waals surface area contributed by atoms with Crippen molar-refractivity contribution in [3.8, 4) is 17.4 Å². The molecule has 0 aliphatic rings. The van der Waals surface area contributed by atoms with E-state index >= 15 is 0 Å². The van der Waals surface area contributed by atoms with Crippen LogP contribution in [0.1, 0.15) is 5.56 Å². The Morgan fingerprint density at radius 1 is 0.435 bits per heavy atom. The molecule has 0 amide bonds. The summed E-state index contributed by atoms with van der Waals surface area (Å²) in [6.45, 7) is 7.78. The van der Waals surface area contributed by atoms with Crippen LogP contribution in [0.5, 0.6) is 0 Å². The van der Waals surface area contributed by atoms with Crippen LogP contribution in [0.25, 0.3) is 81.8 Å². The summed E-state index contributed by atoms with van der Waals surface area (Å²) in [7, 11) is -3.08. The minimum Gasteiger partial charge on any atom is -0.456 e. The Kier molecular flexibility index (Phi) is 7.92. The highest BCUT2D eigenvalue weighted by Gasteiger charge is 2.42. The molecule has 0 saturated carbocycles. The maximum atomic E-state index is 9.89. The minimum absolute atomic E-state index is 0.568. The quantitative estimate of drug-likeness (QED) is 0.0955. The van der Waals surface area contributed by atoms with Crippen LogP contribution >= 0.6 is 0 Å². The Hall–Kier alpha value is -8.42. The molecule has 0 aliphatic heterocycles. The molecule has 0 aliphatic carbocycles. The lowest BCUT2D eigenvalue weighted by Crippen LogP contribution is -2.74. The zero-order chi connectivity index (χ0) is 41.4. The van der Waals surface area contributed by atoms with Crippen molar-refractivity contribution in [3.63, 3.8) is 0 Å². The lowest BCUT2D eigenvalue weighted by molar-refractivity contribution is 0.669. The predicted octanol–water partition coefficient (Wildman–Crippen LogP) is 11.6. The number of rotatable bonds is 6. The van der Waals surface area contributed by atoms with Crippen molar-refractivity contribution in [3.05, 3.63) is 223 Å². The Morgan fingerprint density at radius 3 is 1.66 bits per heavy atom. The van der Waals surface area contributed by atoms with Crippen molar-refractivity contribution in [2.45, 2.75) is 0 Å². The molecule has 6 heteroatoms. The monoisotopic (exact) mass is 806 g/mol. The van der Waals surface area contributed by atoms with Gasteiger partial charge in [-0.25, -0.2) is 4.85 Å². The summed E-state index contributed by atoms with van der Waals surface area (Å²) in [5, 5.41) is 21.5. The van der Waals surface area contributed by atoms with Gasteiger partial charge in [0.2, 0.25) is 0 Å². The van der Waals surface area contributed by atoms with E-state index in [2.05, 4.69) is 178 Å². The van der Waals surface area contributed by atoms with Gasteiger partial charge in [-0.3, -0.25) is 0 Å². The number of hydrogen-bond acceptors (Lipinski definition) is 2. The molecule has 12 rings (SSSR count). The van der Waals surface area contributed by atoms with E-state index in [9.17, 15) is 5.26 Å². The predicted molar refractivity (Wildman–Crippen MR) is 257 cm³/mol. The first-order chi connectivity index (χ1) is 30.6. The second kappa shape index (κ2) is 13.8. The number of nitriles is 1. The fourth-order valence-electron chi connectivity index (χ4n) is 10.1. The Balaban J connectivity index is 1.15. The molecule has 5 nitrogen and oxygen atoms in total. The Labute approximate surface area is 358 Å².